The van der Waals surface area contributed by atoms with Crippen LogP contribution in [0.25, 0.3) is 5.57 Å². The molecule has 4 atom stereocenters. The topological polar surface area (TPSA) is 57.7 Å². The third-order valence-electron chi connectivity index (χ3n) is 5.13. The number of ether oxygens (including phenoxy) is 1. The maximum absolute atomic E-state index is 14.9. The molecule has 1 aliphatic heterocycles. The van der Waals surface area contributed by atoms with Gasteiger partial charge in [0.05, 0.1) is 18.4 Å². The van der Waals surface area contributed by atoms with Crippen molar-refractivity contribution in [1.82, 2.24) is 4.98 Å². The maximum Gasteiger partial charge on any atom is 0.494 e. The first kappa shape index (κ1) is 19.8. The van der Waals surface area contributed by atoms with Gasteiger partial charge in [-0.25, -0.2) is 9.18 Å². The van der Waals surface area contributed by atoms with E-state index in [1.807, 2.05) is 44.2 Å². The molecule has 5 nitrogen and oxygen atoms in total. The molecule has 1 saturated heterocycles. The van der Waals surface area contributed by atoms with Crippen molar-refractivity contribution in [2.24, 2.45) is 5.41 Å². The number of hydrogen-bond acceptors (Lipinski definition) is 5. The van der Waals surface area contributed by atoms with Crippen LogP contribution in [0.2, 0.25) is 0 Å². The molecule has 27 heavy (non-hydrogen) atoms. The smallest absolute Gasteiger partial charge is 0.464 e. The predicted molar refractivity (Wildman–Crippen MR) is 101 cm³/mol. The van der Waals surface area contributed by atoms with Gasteiger partial charge in [-0.2, -0.15) is 0 Å². The number of aromatic nitrogens is 1. The summed E-state index contributed by atoms with van der Waals surface area (Å²) in [4.78, 5) is 16.4. The Hall–Kier alpha value is -1.99. The first-order chi connectivity index (χ1) is 12.9. The van der Waals surface area contributed by atoms with Gasteiger partial charge in [-0.1, -0.05) is 25.1 Å². The van der Waals surface area contributed by atoms with Crippen LogP contribution in [0.4, 0.5) is 4.39 Å². The molecule has 0 radical (unpaired) electrons. The molecule has 1 aliphatic carbocycles. The number of rotatable bonds is 6. The fraction of sp³-hybridized carbons (Fsp3) is 0.500. The van der Waals surface area contributed by atoms with E-state index in [0.29, 0.717) is 11.9 Å². The van der Waals surface area contributed by atoms with Gasteiger partial charge in [0.2, 0.25) is 0 Å². The van der Waals surface area contributed by atoms with E-state index in [-0.39, 0.29) is 6.61 Å². The van der Waals surface area contributed by atoms with Gasteiger partial charge in [-0.05, 0) is 50.4 Å². The minimum Gasteiger partial charge on any atom is -0.464 e. The second-order valence-electron chi connectivity index (χ2n) is 7.06. The van der Waals surface area contributed by atoms with E-state index in [1.165, 1.54) is 0 Å². The summed E-state index contributed by atoms with van der Waals surface area (Å²) in [5.41, 5.74) is 1.37. The molecule has 1 aromatic heterocycles. The Balaban J connectivity index is 1.90. The Labute approximate surface area is 159 Å². The molecule has 0 aromatic carbocycles. The zero-order chi connectivity index (χ0) is 19.6. The van der Waals surface area contributed by atoms with Crippen LogP contribution < -0.4 is 0 Å². The van der Waals surface area contributed by atoms with Crippen LogP contribution in [0, 0.1) is 5.41 Å². The Kier molecular flexibility index (Phi) is 5.82. The fourth-order valence-electron chi connectivity index (χ4n) is 3.65. The summed E-state index contributed by atoms with van der Waals surface area (Å²) in [7, 11) is -0.737. The molecular weight excluding hydrogens is 348 g/mol. The number of alkyl halides is 1. The molecular formula is C20H25BFNO4. The van der Waals surface area contributed by atoms with Gasteiger partial charge in [0.1, 0.15) is 6.17 Å². The van der Waals surface area contributed by atoms with Crippen molar-refractivity contribution in [2.75, 3.05) is 6.61 Å². The number of carbonyl (C=O) groups is 1. The van der Waals surface area contributed by atoms with Crippen molar-refractivity contribution in [3.63, 3.8) is 0 Å². The lowest BCUT2D eigenvalue weighted by atomic mass is 9.75. The number of pyridine rings is 1. The lowest BCUT2D eigenvalue weighted by Crippen LogP contribution is -2.31. The molecule has 2 heterocycles. The normalized spacial score (nSPS) is 28.7. The first-order valence-electron chi connectivity index (χ1n) is 9.38. The highest BCUT2D eigenvalue weighted by Crippen LogP contribution is 2.48. The van der Waals surface area contributed by atoms with E-state index < -0.39 is 36.9 Å². The first-order valence-corrected chi connectivity index (χ1v) is 9.38. The van der Waals surface area contributed by atoms with Crippen molar-refractivity contribution in [2.45, 2.75) is 52.5 Å². The van der Waals surface area contributed by atoms with Crippen LogP contribution >= 0.6 is 0 Å². The van der Waals surface area contributed by atoms with Crippen molar-refractivity contribution < 1.29 is 23.2 Å². The summed E-state index contributed by atoms with van der Waals surface area (Å²) in [5.74, 6) is -0.445. The molecule has 0 bridgehead atoms. The molecule has 144 valence electrons. The minimum absolute atomic E-state index is 0.278. The van der Waals surface area contributed by atoms with E-state index in [2.05, 4.69) is 4.98 Å². The Bertz CT molecular complexity index is 754. The Morgan fingerprint density at radius 3 is 2.81 bits per heavy atom. The Morgan fingerprint density at radius 1 is 1.41 bits per heavy atom. The zero-order valence-corrected chi connectivity index (χ0v) is 16.1. The highest BCUT2D eigenvalue weighted by molar-refractivity contribution is 6.56. The molecule has 3 rings (SSSR count). The highest BCUT2D eigenvalue weighted by atomic mass is 19.1. The van der Waals surface area contributed by atoms with Crippen LogP contribution in [0.5, 0.6) is 0 Å². The highest BCUT2D eigenvalue weighted by Gasteiger charge is 2.48. The minimum atomic E-state index is -1.08. The number of hydrogen-bond donors (Lipinski definition) is 0. The van der Waals surface area contributed by atoms with Crippen LogP contribution in [0.15, 0.2) is 42.0 Å². The summed E-state index contributed by atoms with van der Waals surface area (Å²) in [6.45, 7) is 7.47. The average Bonchev–Trinajstić information content (AvgIpc) is 3.23. The second-order valence-corrected chi connectivity index (χ2v) is 7.06. The zero-order valence-electron chi connectivity index (χ0n) is 16.1. The standard InChI is InChI=1S/C20H25BFNO4/c1-5-17(22)20(4)12-14(11-15(20)16-9-7-8-10-23-16)21-26-13(3)18(27-21)19(24)25-6-2/h7-13,17-18H,5-6H2,1-4H3/t13-,17?,18+,20?/m1/s1. The largest absolute Gasteiger partial charge is 0.494 e. The molecule has 7 heteroatoms. The van der Waals surface area contributed by atoms with Crippen LogP contribution in [-0.2, 0) is 18.8 Å². The van der Waals surface area contributed by atoms with E-state index in [4.69, 9.17) is 14.0 Å². The van der Waals surface area contributed by atoms with Gasteiger partial charge >= 0.3 is 13.1 Å². The van der Waals surface area contributed by atoms with Gasteiger partial charge in [0, 0.05) is 11.6 Å². The van der Waals surface area contributed by atoms with Crippen molar-refractivity contribution in [3.05, 3.63) is 47.7 Å². The molecule has 0 spiro atoms. The van der Waals surface area contributed by atoms with Crippen LogP contribution in [0.3, 0.4) is 0 Å². The van der Waals surface area contributed by atoms with E-state index in [9.17, 15) is 9.18 Å². The number of allylic oxidation sites excluding steroid dienone is 4. The molecule has 0 saturated carbocycles. The number of halogens is 1. The molecule has 1 fully saturated rings. The van der Waals surface area contributed by atoms with E-state index >= 15 is 0 Å². The summed E-state index contributed by atoms with van der Waals surface area (Å²) in [5, 5.41) is 0. The van der Waals surface area contributed by atoms with Gasteiger partial charge in [0.15, 0.2) is 6.10 Å². The Morgan fingerprint density at radius 2 is 2.19 bits per heavy atom. The lowest BCUT2D eigenvalue weighted by Gasteiger charge is -2.29. The third-order valence-corrected chi connectivity index (χ3v) is 5.13. The fourth-order valence-corrected chi connectivity index (χ4v) is 3.65. The average molecular weight is 373 g/mol. The molecule has 0 N–H and O–H groups in total. The summed E-state index contributed by atoms with van der Waals surface area (Å²) < 4.78 is 31.6. The van der Waals surface area contributed by atoms with Gasteiger partial charge in [-0.3, -0.25) is 4.98 Å². The monoisotopic (exact) mass is 373 g/mol. The number of carbonyl (C=O) groups excluding carboxylic acids is 1. The molecule has 2 unspecified atom stereocenters. The number of esters is 1. The summed E-state index contributed by atoms with van der Waals surface area (Å²) >= 11 is 0. The van der Waals surface area contributed by atoms with Gasteiger partial charge in [-0.15, -0.1) is 0 Å². The van der Waals surface area contributed by atoms with Crippen molar-refractivity contribution >= 4 is 18.7 Å². The molecule has 1 aromatic rings. The van der Waals surface area contributed by atoms with Crippen LogP contribution in [0.1, 0.15) is 39.8 Å². The maximum atomic E-state index is 14.9. The summed E-state index contributed by atoms with van der Waals surface area (Å²) in [6, 6.07) is 5.57. The van der Waals surface area contributed by atoms with E-state index in [0.717, 1.165) is 11.3 Å². The second kappa shape index (κ2) is 7.94. The third kappa shape index (κ3) is 3.71. The molecule has 0 amide bonds. The molecule has 2 aliphatic rings. The van der Waals surface area contributed by atoms with Gasteiger partial charge < -0.3 is 14.0 Å². The van der Waals surface area contributed by atoms with Crippen molar-refractivity contribution in [1.29, 1.82) is 0 Å². The summed E-state index contributed by atoms with van der Waals surface area (Å²) in [6.07, 6.45) is 3.46. The quantitative estimate of drug-likeness (QED) is 0.564. The predicted octanol–water partition coefficient (Wildman–Crippen LogP) is 3.55. The van der Waals surface area contributed by atoms with Crippen molar-refractivity contribution in [3.8, 4) is 0 Å². The lowest BCUT2D eigenvalue weighted by molar-refractivity contribution is -0.152. The van der Waals surface area contributed by atoms with Crippen LogP contribution in [-0.4, -0.2) is 43.1 Å². The van der Waals surface area contributed by atoms with E-state index in [1.54, 1.807) is 20.0 Å². The van der Waals surface area contributed by atoms with Gasteiger partial charge in [0.25, 0.3) is 0 Å². The number of nitrogens with zero attached hydrogens (tertiary/aromatic N) is 1. The SMILES string of the molecule is CCOC(=O)[C@H]1OB(C2=CC(C)(C(F)CC)C(c3ccccn3)=C2)O[C@@H]1C.